The zero-order valence-electron chi connectivity index (χ0n) is 19.1. The number of nitrogens with one attached hydrogen (secondary N) is 1. The van der Waals surface area contributed by atoms with E-state index in [-0.39, 0.29) is 17.3 Å². The Labute approximate surface area is 191 Å². The lowest BCUT2D eigenvalue weighted by Gasteiger charge is -2.18. The summed E-state index contributed by atoms with van der Waals surface area (Å²) in [6.45, 7) is 8.79. The van der Waals surface area contributed by atoms with E-state index < -0.39 is 5.91 Å². The Morgan fingerprint density at radius 3 is 2.64 bits per heavy atom. The van der Waals surface area contributed by atoms with E-state index in [1.807, 2.05) is 38.1 Å². The average molecular weight is 456 g/mol. The van der Waals surface area contributed by atoms with Crippen LogP contribution in [0.25, 0.3) is 5.82 Å². The number of rotatable bonds is 12. The SMILES string of the molecule is CCCCOc1ccc(C=NNC(=O)c2nnn(-c3nonc3N)c2CN(CC)CC)cc1. The van der Waals surface area contributed by atoms with Crippen LogP contribution in [0.1, 0.15) is 55.4 Å². The number of hydrazone groups is 1. The van der Waals surface area contributed by atoms with E-state index >= 15 is 0 Å². The van der Waals surface area contributed by atoms with Crippen molar-refractivity contribution in [2.45, 2.75) is 40.2 Å². The van der Waals surface area contributed by atoms with Gasteiger partial charge in [0.25, 0.3) is 5.91 Å². The van der Waals surface area contributed by atoms with Crippen molar-refractivity contribution in [2.75, 3.05) is 25.4 Å². The normalized spacial score (nSPS) is 11.4. The number of benzene rings is 1. The number of nitrogens with zero attached hydrogens (tertiary/aromatic N) is 7. The predicted molar refractivity (Wildman–Crippen MR) is 122 cm³/mol. The molecule has 0 atom stereocenters. The number of amides is 1. The van der Waals surface area contributed by atoms with E-state index in [0.717, 1.165) is 37.2 Å². The predicted octanol–water partition coefficient (Wildman–Crippen LogP) is 2.02. The fourth-order valence-corrected chi connectivity index (χ4v) is 2.99. The molecular weight excluding hydrogens is 426 g/mol. The molecule has 1 amide bonds. The molecule has 33 heavy (non-hydrogen) atoms. The van der Waals surface area contributed by atoms with Crippen molar-refractivity contribution < 1.29 is 14.2 Å². The van der Waals surface area contributed by atoms with Crippen LogP contribution >= 0.6 is 0 Å². The van der Waals surface area contributed by atoms with Gasteiger partial charge in [0, 0.05) is 6.54 Å². The first-order valence-electron chi connectivity index (χ1n) is 10.9. The van der Waals surface area contributed by atoms with Crippen LogP contribution in [0.15, 0.2) is 34.0 Å². The zero-order chi connectivity index (χ0) is 23.6. The van der Waals surface area contributed by atoms with Crippen molar-refractivity contribution in [3.63, 3.8) is 0 Å². The highest BCUT2D eigenvalue weighted by molar-refractivity contribution is 5.94. The first-order chi connectivity index (χ1) is 16.1. The summed E-state index contributed by atoms with van der Waals surface area (Å²) in [6, 6.07) is 7.45. The minimum Gasteiger partial charge on any atom is -0.494 e. The molecule has 1 aromatic carbocycles. The highest BCUT2D eigenvalue weighted by Crippen LogP contribution is 2.17. The van der Waals surface area contributed by atoms with Gasteiger partial charge in [0.2, 0.25) is 11.6 Å². The number of aromatic nitrogens is 5. The van der Waals surface area contributed by atoms with Gasteiger partial charge in [-0.1, -0.05) is 32.4 Å². The molecule has 0 spiro atoms. The number of nitrogen functional groups attached to an aromatic ring is 1. The molecular formula is C21H29N9O3. The van der Waals surface area contributed by atoms with Crippen LogP contribution < -0.4 is 15.9 Å². The molecule has 0 fully saturated rings. The van der Waals surface area contributed by atoms with E-state index in [9.17, 15) is 4.79 Å². The second kappa shape index (κ2) is 11.7. The molecule has 176 valence electrons. The molecule has 3 N–H and O–H groups in total. The molecule has 0 radical (unpaired) electrons. The van der Waals surface area contributed by atoms with E-state index in [4.69, 9.17) is 10.5 Å². The maximum Gasteiger partial charge on any atom is 0.293 e. The summed E-state index contributed by atoms with van der Waals surface area (Å²) in [6.07, 6.45) is 3.63. The Morgan fingerprint density at radius 1 is 1.24 bits per heavy atom. The molecule has 0 bridgehead atoms. The fourth-order valence-electron chi connectivity index (χ4n) is 2.99. The van der Waals surface area contributed by atoms with Gasteiger partial charge in [-0.25, -0.2) is 10.1 Å². The van der Waals surface area contributed by atoms with Crippen molar-refractivity contribution >= 4 is 17.9 Å². The minimum absolute atomic E-state index is 0.0489. The largest absolute Gasteiger partial charge is 0.494 e. The van der Waals surface area contributed by atoms with E-state index in [1.54, 1.807) is 6.21 Å². The molecule has 0 unspecified atom stereocenters. The number of nitrogens with two attached hydrogens (primary N) is 1. The van der Waals surface area contributed by atoms with Gasteiger partial charge >= 0.3 is 0 Å². The molecule has 0 saturated heterocycles. The topological polar surface area (TPSA) is 150 Å². The van der Waals surface area contributed by atoms with Crippen molar-refractivity contribution in [1.82, 2.24) is 35.6 Å². The minimum atomic E-state index is -0.505. The number of hydrogen-bond donors (Lipinski definition) is 2. The van der Waals surface area contributed by atoms with E-state index in [0.29, 0.717) is 18.8 Å². The first kappa shape index (κ1) is 23.9. The standard InChI is InChI=1S/C21H29N9O3/c1-4-7-12-32-16-10-8-15(9-11-16)13-23-25-21(31)18-17(14-29(5-2)6-3)30(28-24-18)20-19(22)26-33-27-20/h8-11,13H,4-7,12,14H2,1-3H3,(H2,22,26)(H,25,31). The number of unbranched alkanes of at least 4 members (excludes halogenated alkanes) is 1. The third-order valence-corrected chi connectivity index (χ3v) is 4.97. The van der Waals surface area contributed by atoms with Crippen LogP contribution in [-0.4, -0.2) is 62.0 Å². The second-order valence-corrected chi connectivity index (χ2v) is 7.20. The van der Waals surface area contributed by atoms with Crippen molar-refractivity contribution in [3.8, 4) is 11.6 Å². The van der Waals surface area contributed by atoms with Crippen molar-refractivity contribution in [1.29, 1.82) is 0 Å². The molecule has 0 aliphatic carbocycles. The van der Waals surface area contributed by atoms with Crippen LogP contribution in [0, 0.1) is 0 Å². The first-order valence-corrected chi connectivity index (χ1v) is 10.9. The molecule has 0 aliphatic rings. The lowest BCUT2D eigenvalue weighted by atomic mass is 10.2. The Hall–Kier alpha value is -3.80. The maximum atomic E-state index is 12.8. The zero-order valence-corrected chi connectivity index (χ0v) is 19.1. The van der Waals surface area contributed by atoms with Crippen LogP contribution in [0.4, 0.5) is 5.82 Å². The Morgan fingerprint density at radius 2 is 2.00 bits per heavy atom. The highest BCUT2D eigenvalue weighted by Gasteiger charge is 2.24. The molecule has 2 heterocycles. The summed E-state index contributed by atoms with van der Waals surface area (Å²) in [7, 11) is 0. The lowest BCUT2D eigenvalue weighted by Crippen LogP contribution is -2.27. The van der Waals surface area contributed by atoms with Gasteiger partial charge in [-0.3, -0.25) is 9.69 Å². The molecule has 3 aromatic rings. The monoisotopic (exact) mass is 455 g/mol. The van der Waals surface area contributed by atoms with Gasteiger partial charge in [-0.05, 0) is 59.7 Å². The van der Waals surface area contributed by atoms with Gasteiger partial charge < -0.3 is 10.5 Å². The third-order valence-electron chi connectivity index (χ3n) is 4.97. The summed E-state index contributed by atoms with van der Waals surface area (Å²) in [5.41, 5.74) is 9.74. The number of hydrogen-bond acceptors (Lipinski definition) is 10. The maximum absolute atomic E-state index is 12.8. The molecule has 0 aliphatic heterocycles. The quantitative estimate of drug-likeness (QED) is 0.237. The van der Waals surface area contributed by atoms with Crippen LogP contribution in [0.3, 0.4) is 0 Å². The molecule has 0 saturated carbocycles. The Bertz CT molecular complexity index is 1060. The van der Waals surface area contributed by atoms with Crippen LogP contribution in [0.2, 0.25) is 0 Å². The van der Waals surface area contributed by atoms with Gasteiger partial charge in [0.15, 0.2) is 5.69 Å². The molecule has 3 rings (SSSR count). The van der Waals surface area contributed by atoms with Crippen LogP contribution in [-0.2, 0) is 6.54 Å². The highest BCUT2D eigenvalue weighted by atomic mass is 16.6. The van der Waals surface area contributed by atoms with Crippen molar-refractivity contribution in [2.24, 2.45) is 5.10 Å². The molecule has 12 heteroatoms. The van der Waals surface area contributed by atoms with Gasteiger partial charge in [0.05, 0.1) is 18.5 Å². The Kier molecular flexibility index (Phi) is 8.47. The fraction of sp³-hybridized carbons (Fsp3) is 0.429. The molecule has 2 aromatic heterocycles. The number of ether oxygens (including phenoxy) is 1. The summed E-state index contributed by atoms with van der Waals surface area (Å²) in [5.74, 6) is 0.513. The van der Waals surface area contributed by atoms with Gasteiger partial charge in [-0.15, -0.1) is 5.10 Å². The number of carbonyl (C=O) groups excluding carboxylic acids is 1. The summed E-state index contributed by atoms with van der Waals surface area (Å²) >= 11 is 0. The van der Waals surface area contributed by atoms with Gasteiger partial charge in [0.1, 0.15) is 5.75 Å². The molecule has 12 nitrogen and oxygen atoms in total. The average Bonchev–Trinajstić information content (AvgIpc) is 3.44. The summed E-state index contributed by atoms with van der Waals surface area (Å²) in [5, 5.41) is 19.5. The third kappa shape index (κ3) is 6.13. The van der Waals surface area contributed by atoms with Crippen molar-refractivity contribution in [3.05, 3.63) is 41.2 Å². The smallest absolute Gasteiger partial charge is 0.293 e. The Balaban J connectivity index is 1.72. The number of anilines is 1. The summed E-state index contributed by atoms with van der Waals surface area (Å²) in [4.78, 5) is 14.9. The van der Waals surface area contributed by atoms with E-state index in [1.165, 1.54) is 4.68 Å². The van der Waals surface area contributed by atoms with Crippen LogP contribution in [0.5, 0.6) is 5.75 Å². The summed E-state index contributed by atoms with van der Waals surface area (Å²) < 4.78 is 11.7. The van der Waals surface area contributed by atoms with Gasteiger partial charge in [-0.2, -0.15) is 9.78 Å². The number of carbonyl (C=O) groups is 1. The lowest BCUT2D eigenvalue weighted by molar-refractivity contribution is 0.0948. The second-order valence-electron chi connectivity index (χ2n) is 7.20. The van der Waals surface area contributed by atoms with E-state index in [2.05, 4.69) is 47.6 Å².